The second kappa shape index (κ2) is 5.58. The Bertz CT molecular complexity index is 477. The van der Waals surface area contributed by atoms with Gasteiger partial charge in [-0.15, -0.1) is 0 Å². The molecule has 0 N–H and O–H groups in total. The number of nitriles is 1. The fourth-order valence-electron chi connectivity index (χ4n) is 3.28. The van der Waals surface area contributed by atoms with Crippen LogP contribution in [0.4, 0.5) is 5.82 Å². The van der Waals surface area contributed by atoms with Gasteiger partial charge in [-0.25, -0.2) is 4.98 Å². The largest absolute Gasteiger partial charge is 0.381 e. The minimum Gasteiger partial charge on any atom is -0.381 e. The van der Waals surface area contributed by atoms with Gasteiger partial charge in [0.25, 0.3) is 0 Å². The van der Waals surface area contributed by atoms with E-state index in [4.69, 9.17) is 10.00 Å². The predicted molar refractivity (Wildman–Crippen MR) is 72.9 cm³/mol. The molecule has 0 spiro atoms. The number of ether oxygens (including phenoxy) is 1. The number of aromatic nitrogens is 1. The topological polar surface area (TPSA) is 49.2 Å². The van der Waals surface area contributed by atoms with Crippen molar-refractivity contribution in [1.82, 2.24) is 4.98 Å². The third-order valence-electron chi connectivity index (χ3n) is 4.21. The second-order valence-electron chi connectivity index (χ2n) is 5.39. The molecule has 2 aliphatic rings. The molecule has 3 heterocycles. The van der Waals surface area contributed by atoms with Gasteiger partial charge < -0.3 is 9.64 Å². The van der Waals surface area contributed by atoms with E-state index in [9.17, 15) is 0 Å². The molecule has 3 rings (SSSR count). The average molecular weight is 257 g/mol. The van der Waals surface area contributed by atoms with Gasteiger partial charge in [-0.05, 0) is 37.8 Å². The van der Waals surface area contributed by atoms with Crippen LogP contribution in [0.5, 0.6) is 0 Å². The highest BCUT2D eigenvalue weighted by Gasteiger charge is 2.33. The first-order chi connectivity index (χ1) is 9.38. The summed E-state index contributed by atoms with van der Waals surface area (Å²) in [4.78, 5) is 6.82. The van der Waals surface area contributed by atoms with Crippen LogP contribution in [-0.2, 0) is 4.74 Å². The first-order valence-electron chi connectivity index (χ1n) is 7.09. The van der Waals surface area contributed by atoms with Gasteiger partial charge in [0.1, 0.15) is 5.82 Å². The second-order valence-corrected chi connectivity index (χ2v) is 5.39. The van der Waals surface area contributed by atoms with Gasteiger partial charge in [0.2, 0.25) is 0 Å². The van der Waals surface area contributed by atoms with Gasteiger partial charge in [-0.1, -0.05) is 0 Å². The van der Waals surface area contributed by atoms with Crippen molar-refractivity contribution in [1.29, 1.82) is 5.26 Å². The zero-order chi connectivity index (χ0) is 13.1. The number of rotatable bonds is 2. The Kier molecular flexibility index (Phi) is 3.65. The minimum atomic E-state index is 0.529. The number of hydrogen-bond acceptors (Lipinski definition) is 4. The van der Waals surface area contributed by atoms with Crippen LogP contribution >= 0.6 is 0 Å². The standard InChI is InChI=1S/C15H19N3O/c16-10-12-5-6-17-15(9-12)18-7-1-4-14(18)13-3-2-8-19-11-13/h5-6,9,13-14H,1-4,7-8,11H2. The molecule has 4 nitrogen and oxygen atoms in total. The maximum Gasteiger partial charge on any atom is 0.130 e. The van der Waals surface area contributed by atoms with Crippen LogP contribution in [0, 0.1) is 17.2 Å². The Morgan fingerprint density at radius 3 is 3.11 bits per heavy atom. The van der Waals surface area contributed by atoms with Crippen LogP contribution in [-0.4, -0.2) is 30.8 Å². The lowest BCUT2D eigenvalue weighted by Gasteiger charge is -2.34. The molecule has 1 aromatic heterocycles. The highest BCUT2D eigenvalue weighted by atomic mass is 16.5. The molecule has 2 saturated heterocycles. The van der Waals surface area contributed by atoms with Gasteiger partial charge in [-0.3, -0.25) is 0 Å². The van der Waals surface area contributed by atoms with E-state index in [1.165, 1.54) is 25.7 Å². The highest BCUT2D eigenvalue weighted by molar-refractivity contribution is 5.46. The van der Waals surface area contributed by atoms with Crippen molar-refractivity contribution in [3.63, 3.8) is 0 Å². The summed E-state index contributed by atoms with van der Waals surface area (Å²) >= 11 is 0. The van der Waals surface area contributed by atoms with Gasteiger partial charge >= 0.3 is 0 Å². The predicted octanol–water partition coefficient (Wildman–Crippen LogP) is 2.35. The summed E-state index contributed by atoms with van der Waals surface area (Å²) < 4.78 is 5.62. The Labute approximate surface area is 114 Å². The lowest BCUT2D eigenvalue weighted by Crippen LogP contribution is -2.39. The van der Waals surface area contributed by atoms with Crippen molar-refractivity contribution in [2.75, 3.05) is 24.7 Å². The molecular formula is C15H19N3O. The molecule has 2 fully saturated rings. The maximum absolute atomic E-state index is 9.00. The van der Waals surface area contributed by atoms with Crippen LogP contribution in [0.2, 0.25) is 0 Å². The van der Waals surface area contributed by atoms with Crippen LogP contribution in [0.1, 0.15) is 31.2 Å². The number of pyridine rings is 1. The van der Waals surface area contributed by atoms with E-state index in [0.717, 1.165) is 25.6 Å². The number of anilines is 1. The Hall–Kier alpha value is -1.60. The monoisotopic (exact) mass is 257 g/mol. The van der Waals surface area contributed by atoms with Gasteiger partial charge in [0.15, 0.2) is 0 Å². The molecule has 1 aromatic rings. The normalized spacial score (nSPS) is 27.2. The maximum atomic E-state index is 9.00. The zero-order valence-corrected chi connectivity index (χ0v) is 11.1. The lowest BCUT2D eigenvalue weighted by atomic mass is 9.92. The molecule has 0 amide bonds. The summed E-state index contributed by atoms with van der Waals surface area (Å²) in [5, 5.41) is 9.00. The van der Waals surface area contributed by atoms with Gasteiger partial charge in [-0.2, -0.15) is 5.26 Å². The fraction of sp³-hybridized carbons (Fsp3) is 0.600. The molecule has 2 aliphatic heterocycles. The Balaban J connectivity index is 1.80. The molecule has 100 valence electrons. The first-order valence-corrected chi connectivity index (χ1v) is 7.09. The summed E-state index contributed by atoms with van der Waals surface area (Å²) in [6.07, 6.45) is 6.58. The summed E-state index contributed by atoms with van der Waals surface area (Å²) in [6.45, 7) is 2.83. The summed E-state index contributed by atoms with van der Waals surface area (Å²) in [5.41, 5.74) is 0.690. The zero-order valence-electron chi connectivity index (χ0n) is 11.1. The molecule has 0 aliphatic carbocycles. The van der Waals surface area contributed by atoms with Crippen LogP contribution in [0.25, 0.3) is 0 Å². The van der Waals surface area contributed by atoms with E-state index in [0.29, 0.717) is 17.5 Å². The smallest absolute Gasteiger partial charge is 0.130 e. The molecule has 2 unspecified atom stereocenters. The van der Waals surface area contributed by atoms with Crippen LogP contribution < -0.4 is 4.90 Å². The summed E-state index contributed by atoms with van der Waals surface area (Å²) in [7, 11) is 0. The van der Waals surface area contributed by atoms with Gasteiger partial charge in [0.05, 0.1) is 18.2 Å². The van der Waals surface area contributed by atoms with Crippen molar-refractivity contribution in [3.05, 3.63) is 23.9 Å². The first kappa shape index (κ1) is 12.4. The number of nitrogens with zero attached hydrogens (tertiary/aromatic N) is 3. The lowest BCUT2D eigenvalue weighted by molar-refractivity contribution is 0.0454. The molecule has 0 radical (unpaired) electrons. The quantitative estimate of drug-likeness (QED) is 0.816. The van der Waals surface area contributed by atoms with Crippen molar-refractivity contribution in [2.24, 2.45) is 5.92 Å². The highest BCUT2D eigenvalue weighted by Crippen LogP contribution is 2.32. The molecule has 4 heteroatoms. The third-order valence-corrected chi connectivity index (χ3v) is 4.21. The molecule has 19 heavy (non-hydrogen) atoms. The van der Waals surface area contributed by atoms with Crippen molar-refractivity contribution in [3.8, 4) is 6.07 Å². The van der Waals surface area contributed by atoms with E-state index >= 15 is 0 Å². The fourth-order valence-corrected chi connectivity index (χ4v) is 3.28. The number of hydrogen-bond donors (Lipinski definition) is 0. The van der Waals surface area contributed by atoms with Crippen LogP contribution in [0.15, 0.2) is 18.3 Å². The van der Waals surface area contributed by atoms with Crippen molar-refractivity contribution >= 4 is 5.82 Å². The third kappa shape index (κ3) is 2.57. The van der Waals surface area contributed by atoms with Crippen LogP contribution in [0.3, 0.4) is 0 Å². The van der Waals surface area contributed by atoms with Crippen molar-refractivity contribution < 1.29 is 4.74 Å². The molecule has 0 aromatic carbocycles. The minimum absolute atomic E-state index is 0.529. The van der Waals surface area contributed by atoms with E-state index in [2.05, 4.69) is 16.0 Å². The molecule has 2 atom stereocenters. The molecular weight excluding hydrogens is 238 g/mol. The molecule has 0 saturated carbocycles. The van der Waals surface area contributed by atoms with E-state index < -0.39 is 0 Å². The van der Waals surface area contributed by atoms with E-state index in [-0.39, 0.29) is 0 Å². The molecule has 0 bridgehead atoms. The summed E-state index contributed by atoms with van der Waals surface area (Å²) in [6, 6.07) is 6.39. The Morgan fingerprint density at radius 1 is 1.37 bits per heavy atom. The van der Waals surface area contributed by atoms with Crippen molar-refractivity contribution in [2.45, 2.75) is 31.7 Å². The SMILES string of the molecule is N#Cc1ccnc(N2CCCC2C2CCCOC2)c1. The van der Waals surface area contributed by atoms with Gasteiger partial charge in [0, 0.05) is 31.3 Å². The summed E-state index contributed by atoms with van der Waals surface area (Å²) in [5.74, 6) is 1.57. The van der Waals surface area contributed by atoms with E-state index in [1.807, 2.05) is 6.07 Å². The average Bonchev–Trinajstić information content (AvgIpc) is 2.98. The Morgan fingerprint density at radius 2 is 2.32 bits per heavy atom. The van der Waals surface area contributed by atoms with E-state index in [1.54, 1.807) is 12.3 Å².